The molecule has 17 heavy (non-hydrogen) atoms. The number of benzene rings is 1. The van der Waals surface area contributed by atoms with Crippen LogP contribution in [0.1, 0.15) is 24.4 Å². The van der Waals surface area contributed by atoms with Crippen LogP contribution in [-0.2, 0) is 0 Å². The van der Waals surface area contributed by atoms with E-state index in [2.05, 4.69) is 4.90 Å². The van der Waals surface area contributed by atoms with Gasteiger partial charge in [0.05, 0.1) is 6.04 Å². The third kappa shape index (κ3) is 2.08. The highest BCUT2D eigenvalue weighted by Crippen LogP contribution is 2.40. The largest absolute Gasteiger partial charge is 0.326 e. The number of rotatable bonds is 1. The smallest absolute Gasteiger partial charge is 0.0502 e. The summed E-state index contributed by atoms with van der Waals surface area (Å²) in [7, 11) is 0. The van der Waals surface area contributed by atoms with Crippen molar-refractivity contribution in [2.75, 3.05) is 13.1 Å². The molecule has 0 aliphatic carbocycles. The Hall–Kier alpha value is -0.280. The molecule has 3 fully saturated rings. The molecule has 2 unspecified atom stereocenters. The maximum atomic E-state index is 6.37. The average Bonchev–Trinajstić information content (AvgIpc) is 2.29. The van der Waals surface area contributed by atoms with Crippen molar-refractivity contribution in [1.82, 2.24) is 4.90 Å². The van der Waals surface area contributed by atoms with Crippen LogP contribution >= 0.6 is 23.2 Å². The van der Waals surface area contributed by atoms with Gasteiger partial charge in [-0.3, -0.25) is 4.90 Å². The summed E-state index contributed by atoms with van der Waals surface area (Å²) in [5, 5.41) is 1.39. The minimum Gasteiger partial charge on any atom is -0.326 e. The Morgan fingerprint density at radius 2 is 1.65 bits per heavy atom. The first-order chi connectivity index (χ1) is 8.15. The fourth-order valence-corrected chi connectivity index (χ4v) is 3.81. The van der Waals surface area contributed by atoms with Gasteiger partial charge in [0.2, 0.25) is 0 Å². The van der Waals surface area contributed by atoms with Crippen molar-refractivity contribution in [2.45, 2.75) is 24.9 Å². The van der Waals surface area contributed by atoms with E-state index in [1.165, 1.54) is 18.4 Å². The minimum absolute atomic E-state index is 0.215. The van der Waals surface area contributed by atoms with Gasteiger partial charge in [-0.15, -0.1) is 0 Å². The first-order valence-electron chi connectivity index (χ1n) is 6.11. The van der Waals surface area contributed by atoms with Crippen LogP contribution in [0, 0.1) is 5.92 Å². The zero-order chi connectivity index (χ0) is 12.0. The molecule has 2 nitrogen and oxygen atoms in total. The molecule has 2 bridgehead atoms. The highest BCUT2D eigenvalue weighted by Gasteiger charge is 2.40. The maximum absolute atomic E-state index is 6.37. The van der Waals surface area contributed by atoms with Crippen molar-refractivity contribution >= 4 is 23.2 Å². The second kappa shape index (κ2) is 4.43. The second-order valence-corrected chi connectivity index (χ2v) is 5.97. The molecule has 3 aliphatic rings. The summed E-state index contributed by atoms with van der Waals surface area (Å²) < 4.78 is 0. The summed E-state index contributed by atoms with van der Waals surface area (Å²) in [6.45, 7) is 2.29. The van der Waals surface area contributed by atoms with E-state index in [1.54, 1.807) is 6.07 Å². The Kier molecular flexibility index (Phi) is 3.07. The van der Waals surface area contributed by atoms with Crippen molar-refractivity contribution < 1.29 is 0 Å². The fraction of sp³-hybridized carbons (Fsp3) is 0.538. The van der Waals surface area contributed by atoms with E-state index < -0.39 is 0 Å². The van der Waals surface area contributed by atoms with Gasteiger partial charge >= 0.3 is 0 Å². The maximum Gasteiger partial charge on any atom is 0.0502 e. The Labute approximate surface area is 112 Å². The van der Waals surface area contributed by atoms with Gasteiger partial charge in [0.25, 0.3) is 0 Å². The lowest BCUT2D eigenvalue weighted by Crippen LogP contribution is -2.56. The number of nitrogens with zero attached hydrogens (tertiary/aromatic N) is 1. The Morgan fingerprint density at radius 3 is 2.18 bits per heavy atom. The number of hydrogen-bond donors (Lipinski definition) is 1. The van der Waals surface area contributed by atoms with Crippen LogP contribution in [0.4, 0.5) is 0 Å². The Bertz CT molecular complexity index is 405. The number of piperidine rings is 3. The van der Waals surface area contributed by atoms with Crippen LogP contribution in [0.3, 0.4) is 0 Å². The van der Waals surface area contributed by atoms with E-state index in [0.29, 0.717) is 22.0 Å². The number of fused-ring (bicyclic) bond motifs is 3. The Balaban J connectivity index is 1.97. The number of nitrogens with two attached hydrogens (primary N) is 1. The van der Waals surface area contributed by atoms with Crippen molar-refractivity contribution in [2.24, 2.45) is 11.7 Å². The lowest BCUT2D eigenvalue weighted by molar-refractivity contribution is 0.0276. The summed E-state index contributed by atoms with van der Waals surface area (Å²) in [5.41, 5.74) is 7.53. The molecule has 3 aliphatic heterocycles. The third-order valence-electron chi connectivity index (χ3n) is 4.10. The first-order valence-corrected chi connectivity index (χ1v) is 6.86. The summed E-state index contributed by atoms with van der Waals surface area (Å²) >= 11 is 12.2. The fourth-order valence-electron chi connectivity index (χ4n) is 3.26. The predicted octanol–water partition coefficient (Wildman–Crippen LogP) is 3.09. The summed E-state index contributed by atoms with van der Waals surface area (Å²) in [4.78, 5) is 2.46. The quantitative estimate of drug-likeness (QED) is 0.850. The standard InChI is InChI=1S/C13H16Cl2N2/c14-10-5-9(6-11(15)7-10)13-12(16)8-1-3-17(13)4-2-8/h5-8,12-13H,1-4,16H2. The molecular weight excluding hydrogens is 255 g/mol. The van der Waals surface area contributed by atoms with Crippen LogP contribution in [0.2, 0.25) is 10.0 Å². The number of hydrogen-bond acceptors (Lipinski definition) is 2. The lowest BCUT2D eigenvalue weighted by Gasteiger charge is -2.50. The molecule has 2 atom stereocenters. The van der Waals surface area contributed by atoms with Crippen LogP contribution in [0.25, 0.3) is 0 Å². The second-order valence-electron chi connectivity index (χ2n) is 5.10. The zero-order valence-electron chi connectivity index (χ0n) is 9.57. The van der Waals surface area contributed by atoms with Gasteiger partial charge in [-0.05, 0) is 55.6 Å². The van der Waals surface area contributed by atoms with Crippen molar-refractivity contribution in [1.29, 1.82) is 0 Å². The molecule has 3 heterocycles. The van der Waals surface area contributed by atoms with E-state index in [0.717, 1.165) is 13.1 Å². The van der Waals surface area contributed by atoms with Gasteiger partial charge in [-0.25, -0.2) is 0 Å². The number of halogens is 2. The normalized spacial score (nSPS) is 36.2. The van der Waals surface area contributed by atoms with Gasteiger partial charge in [0.1, 0.15) is 0 Å². The Morgan fingerprint density at radius 1 is 1.06 bits per heavy atom. The van der Waals surface area contributed by atoms with E-state index in [4.69, 9.17) is 28.9 Å². The molecule has 0 radical (unpaired) electrons. The summed E-state index contributed by atoms with van der Waals surface area (Å²) in [5.74, 6) is 0.655. The molecule has 4 heteroatoms. The van der Waals surface area contributed by atoms with Crippen molar-refractivity contribution in [3.8, 4) is 0 Å². The van der Waals surface area contributed by atoms with Crippen molar-refractivity contribution in [3.05, 3.63) is 33.8 Å². The van der Waals surface area contributed by atoms with Gasteiger partial charge in [-0.1, -0.05) is 23.2 Å². The molecule has 0 amide bonds. The van der Waals surface area contributed by atoms with E-state index in [-0.39, 0.29) is 6.04 Å². The SMILES string of the molecule is NC1C2CCN(CC2)C1c1cc(Cl)cc(Cl)c1. The summed E-state index contributed by atoms with van der Waals surface area (Å²) in [6, 6.07) is 6.28. The lowest BCUT2D eigenvalue weighted by atomic mass is 9.77. The molecule has 1 aromatic carbocycles. The van der Waals surface area contributed by atoms with Gasteiger partial charge < -0.3 is 5.73 Å². The molecule has 3 saturated heterocycles. The monoisotopic (exact) mass is 270 g/mol. The van der Waals surface area contributed by atoms with Crippen LogP contribution in [-0.4, -0.2) is 24.0 Å². The molecule has 0 saturated carbocycles. The van der Waals surface area contributed by atoms with Gasteiger partial charge in [0, 0.05) is 16.1 Å². The van der Waals surface area contributed by atoms with Crippen molar-refractivity contribution in [3.63, 3.8) is 0 Å². The average molecular weight is 271 g/mol. The third-order valence-corrected chi connectivity index (χ3v) is 4.54. The molecule has 4 rings (SSSR count). The van der Waals surface area contributed by atoms with Crippen LogP contribution in [0.5, 0.6) is 0 Å². The molecule has 0 aromatic heterocycles. The first kappa shape index (κ1) is 11.8. The topological polar surface area (TPSA) is 29.3 Å². The van der Waals surface area contributed by atoms with Crippen LogP contribution < -0.4 is 5.73 Å². The minimum atomic E-state index is 0.215. The van der Waals surface area contributed by atoms with E-state index in [1.807, 2.05) is 12.1 Å². The van der Waals surface area contributed by atoms with Crippen LogP contribution in [0.15, 0.2) is 18.2 Å². The predicted molar refractivity (Wildman–Crippen MR) is 71.5 cm³/mol. The summed E-state index contributed by atoms with van der Waals surface area (Å²) in [6.07, 6.45) is 2.46. The van der Waals surface area contributed by atoms with E-state index in [9.17, 15) is 0 Å². The highest BCUT2D eigenvalue weighted by molar-refractivity contribution is 6.34. The van der Waals surface area contributed by atoms with E-state index >= 15 is 0 Å². The molecule has 0 spiro atoms. The van der Waals surface area contributed by atoms with Gasteiger partial charge in [-0.2, -0.15) is 0 Å². The molecule has 1 aromatic rings. The van der Waals surface area contributed by atoms with Gasteiger partial charge in [0.15, 0.2) is 0 Å². The zero-order valence-corrected chi connectivity index (χ0v) is 11.1. The molecule has 2 N–H and O–H groups in total. The highest BCUT2D eigenvalue weighted by atomic mass is 35.5. The molecule has 92 valence electrons. The molecular formula is C13H16Cl2N2.